The Balaban J connectivity index is 1.42. The van der Waals surface area contributed by atoms with Crippen LogP contribution in [0, 0.1) is 0 Å². The third kappa shape index (κ3) is 3.09. The van der Waals surface area contributed by atoms with Gasteiger partial charge in [-0.05, 0) is 51.1 Å². The van der Waals surface area contributed by atoms with Gasteiger partial charge in [0, 0.05) is 12.2 Å². The fraction of sp³-hybridized carbons (Fsp3) is 0.786. The predicted molar refractivity (Wildman–Crippen MR) is 69.1 cm³/mol. The lowest BCUT2D eigenvalue weighted by atomic mass is 10.2. The van der Waals surface area contributed by atoms with E-state index in [1.54, 1.807) is 0 Å². The molecule has 0 unspecified atom stereocenters. The fourth-order valence-corrected chi connectivity index (χ4v) is 2.75. The lowest BCUT2D eigenvalue weighted by Gasteiger charge is -2.08. The van der Waals surface area contributed by atoms with Gasteiger partial charge in [-0.25, -0.2) is 0 Å². The molecular weight excluding hydrogens is 210 g/mol. The summed E-state index contributed by atoms with van der Waals surface area (Å²) in [6, 6.07) is 3.73. The largest absolute Gasteiger partial charge is 0.314 e. The highest BCUT2D eigenvalue weighted by atomic mass is 15.3. The number of hydrogen-bond donors (Lipinski definition) is 1. The van der Waals surface area contributed by atoms with Crippen LogP contribution in [0.25, 0.3) is 0 Å². The summed E-state index contributed by atoms with van der Waals surface area (Å²) >= 11 is 0. The van der Waals surface area contributed by atoms with Crippen molar-refractivity contribution >= 4 is 0 Å². The van der Waals surface area contributed by atoms with Crippen LogP contribution < -0.4 is 5.32 Å². The van der Waals surface area contributed by atoms with E-state index in [0.29, 0.717) is 6.04 Å². The lowest BCUT2D eigenvalue weighted by molar-refractivity contribution is 0.462. The zero-order valence-electron chi connectivity index (χ0n) is 10.6. The molecular formula is C14H23N3. The van der Waals surface area contributed by atoms with Gasteiger partial charge in [0.05, 0.1) is 11.7 Å². The summed E-state index contributed by atoms with van der Waals surface area (Å²) < 4.78 is 2.21. The molecule has 3 heteroatoms. The lowest BCUT2D eigenvalue weighted by Crippen LogP contribution is -2.18. The molecule has 3 nitrogen and oxygen atoms in total. The number of hydrogen-bond acceptors (Lipinski definition) is 2. The molecule has 0 atom stereocenters. The first-order chi connectivity index (χ1) is 8.42. The Morgan fingerprint density at radius 2 is 2.06 bits per heavy atom. The van der Waals surface area contributed by atoms with Crippen molar-refractivity contribution in [2.45, 2.75) is 63.5 Å². The van der Waals surface area contributed by atoms with Crippen molar-refractivity contribution in [2.75, 3.05) is 6.54 Å². The molecule has 2 aliphatic carbocycles. The molecule has 0 bridgehead atoms. The van der Waals surface area contributed by atoms with E-state index in [1.165, 1.54) is 50.6 Å². The average Bonchev–Trinajstić information content (AvgIpc) is 2.84. The summed E-state index contributed by atoms with van der Waals surface area (Å²) in [5.41, 5.74) is 1.27. The Morgan fingerprint density at radius 1 is 1.24 bits per heavy atom. The van der Waals surface area contributed by atoms with Gasteiger partial charge in [0.15, 0.2) is 0 Å². The molecule has 0 radical (unpaired) electrons. The minimum Gasteiger partial charge on any atom is -0.314 e. The van der Waals surface area contributed by atoms with Crippen LogP contribution in [-0.4, -0.2) is 22.4 Å². The first-order valence-corrected chi connectivity index (χ1v) is 7.19. The molecule has 0 aromatic carbocycles. The van der Waals surface area contributed by atoms with Crippen molar-refractivity contribution in [2.24, 2.45) is 0 Å². The Bertz CT molecular complexity index is 348. The first kappa shape index (κ1) is 11.3. The number of aryl methyl sites for hydroxylation is 1. The molecule has 1 aromatic rings. The molecule has 17 heavy (non-hydrogen) atoms. The standard InChI is InChI=1S/C14H23N3/c1-2-6-14(5-1)17-11-9-13(16-17)4-3-10-15-12-7-8-12/h9,11-12,14-15H,1-8,10H2. The van der Waals surface area contributed by atoms with Gasteiger partial charge in [0.25, 0.3) is 0 Å². The first-order valence-electron chi connectivity index (χ1n) is 7.19. The quantitative estimate of drug-likeness (QED) is 0.766. The highest BCUT2D eigenvalue weighted by Crippen LogP contribution is 2.28. The van der Waals surface area contributed by atoms with Crippen LogP contribution in [0.15, 0.2) is 12.3 Å². The molecule has 0 saturated heterocycles. The van der Waals surface area contributed by atoms with Gasteiger partial charge in [0.1, 0.15) is 0 Å². The maximum Gasteiger partial charge on any atom is 0.0625 e. The van der Waals surface area contributed by atoms with Crippen molar-refractivity contribution in [1.29, 1.82) is 0 Å². The van der Waals surface area contributed by atoms with E-state index in [0.717, 1.165) is 19.0 Å². The van der Waals surface area contributed by atoms with Gasteiger partial charge >= 0.3 is 0 Å². The van der Waals surface area contributed by atoms with Crippen LogP contribution in [0.4, 0.5) is 0 Å². The maximum atomic E-state index is 4.71. The molecule has 0 spiro atoms. The smallest absolute Gasteiger partial charge is 0.0625 e. The van der Waals surface area contributed by atoms with Crippen molar-refractivity contribution in [1.82, 2.24) is 15.1 Å². The van der Waals surface area contributed by atoms with Gasteiger partial charge in [-0.3, -0.25) is 4.68 Å². The Labute approximate surface area is 104 Å². The van der Waals surface area contributed by atoms with E-state index in [9.17, 15) is 0 Å². The summed E-state index contributed by atoms with van der Waals surface area (Å²) in [6.45, 7) is 1.15. The molecule has 1 heterocycles. The Kier molecular flexibility index (Phi) is 3.46. The zero-order valence-corrected chi connectivity index (χ0v) is 10.6. The fourth-order valence-electron chi connectivity index (χ4n) is 2.75. The van der Waals surface area contributed by atoms with Crippen LogP contribution in [0.3, 0.4) is 0 Å². The molecule has 3 rings (SSSR count). The minimum atomic E-state index is 0.688. The van der Waals surface area contributed by atoms with Gasteiger partial charge < -0.3 is 5.32 Å². The van der Waals surface area contributed by atoms with E-state index < -0.39 is 0 Å². The number of rotatable bonds is 6. The number of aromatic nitrogens is 2. The highest BCUT2D eigenvalue weighted by Gasteiger charge is 2.20. The predicted octanol–water partition coefficient (Wildman–Crippen LogP) is 2.68. The van der Waals surface area contributed by atoms with E-state index >= 15 is 0 Å². The van der Waals surface area contributed by atoms with Crippen molar-refractivity contribution in [3.05, 3.63) is 18.0 Å². The normalized spacial score (nSPS) is 21.2. The van der Waals surface area contributed by atoms with E-state index in [4.69, 9.17) is 5.10 Å². The average molecular weight is 233 g/mol. The summed E-state index contributed by atoms with van der Waals surface area (Å²) in [7, 11) is 0. The zero-order chi connectivity index (χ0) is 11.5. The van der Waals surface area contributed by atoms with Crippen LogP contribution in [0.1, 0.15) is 56.7 Å². The topological polar surface area (TPSA) is 29.9 Å². The molecule has 1 N–H and O–H groups in total. The van der Waals surface area contributed by atoms with E-state index in [1.807, 2.05) is 0 Å². The molecule has 0 amide bonds. The minimum absolute atomic E-state index is 0.688. The molecule has 0 aliphatic heterocycles. The van der Waals surface area contributed by atoms with Gasteiger partial charge in [-0.2, -0.15) is 5.10 Å². The van der Waals surface area contributed by atoms with Gasteiger partial charge in [-0.1, -0.05) is 12.8 Å². The molecule has 94 valence electrons. The summed E-state index contributed by atoms with van der Waals surface area (Å²) in [6.07, 6.45) is 12.7. The third-order valence-electron chi connectivity index (χ3n) is 3.98. The maximum absolute atomic E-state index is 4.71. The monoisotopic (exact) mass is 233 g/mol. The SMILES string of the molecule is c1cn(C2CCCC2)nc1CCCNC1CC1. The second-order valence-corrected chi connectivity index (χ2v) is 5.56. The molecule has 2 saturated carbocycles. The van der Waals surface area contributed by atoms with E-state index in [-0.39, 0.29) is 0 Å². The van der Waals surface area contributed by atoms with Crippen molar-refractivity contribution < 1.29 is 0 Å². The highest BCUT2D eigenvalue weighted by molar-refractivity contribution is 5.00. The summed E-state index contributed by atoms with van der Waals surface area (Å²) in [5.74, 6) is 0. The molecule has 2 aliphatic rings. The number of nitrogens with zero attached hydrogens (tertiary/aromatic N) is 2. The second-order valence-electron chi connectivity index (χ2n) is 5.56. The number of nitrogens with one attached hydrogen (secondary N) is 1. The molecule has 1 aromatic heterocycles. The summed E-state index contributed by atoms with van der Waals surface area (Å²) in [5, 5.41) is 8.27. The Hall–Kier alpha value is -0.830. The molecule has 2 fully saturated rings. The van der Waals surface area contributed by atoms with Crippen LogP contribution in [-0.2, 0) is 6.42 Å². The summed E-state index contributed by atoms with van der Waals surface area (Å²) in [4.78, 5) is 0. The van der Waals surface area contributed by atoms with E-state index in [2.05, 4.69) is 22.3 Å². The van der Waals surface area contributed by atoms with Crippen LogP contribution >= 0.6 is 0 Å². The van der Waals surface area contributed by atoms with Crippen LogP contribution in [0.2, 0.25) is 0 Å². The second kappa shape index (κ2) is 5.21. The van der Waals surface area contributed by atoms with Crippen molar-refractivity contribution in [3.8, 4) is 0 Å². The van der Waals surface area contributed by atoms with Crippen LogP contribution in [0.5, 0.6) is 0 Å². The Morgan fingerprint density at radius 3 is 2.82 bits per heavy atom. The van der Waals surface area contributed by atoms with Crippen molar-refractivity contribution in [3.63, 3.8) is 0 Å². The van der Waals surface area contributed by atoms with Gasteiger partial charge in [0.2, 0.25) is 0 Å². The third-order valence-corrected chi connectivity index (χ3v) is 3.98. The van der Waals surface area contributed by atoms with Gasteiger partial charge in [-0.15, -0.1) is 0 Å².